The highest BCUT2D eigenvalue weighted by molar-refractivity contribution is 6.35. The number of halogens is 2. The fourth-order valence-electron chi connectivity index (χ4n) is 4.60. The molecule has 1 aliphatic rings. The molecule has 3 aromatic carbocycles. The van der Waals surface area contributed by atoms with E-state index in [0.717, 1.165) is 43.4 Å². The second-order valence-electron chi connectivity index (χ2n) is 9.38. The molecule has 0 saturated carbocycles. The normalized spacial score (nSPS) is 14.3. The number of hydrogen-bond acceptors (Lipinski definition) is 6. The second kappa shape index (κ2) is 9.84. The van der Waals surface area contributed by atoms with E-state index in [4.69, 9.17) is 16.6 Å². The first-order chi connectivity index (χ1) is 16.9. The van der Waals surface area contributed by atoms with Crippen LogP contribution < -0.4 is 15.5 Å². The molecule has 0 amide bonds. The fraction of sp³-hybridized carbons (Fsp3) is 0.333. The number of benzene rings is 3. The summed E-state index contributed by atoms with van der Waals surface area (Å²) < 4.78 is 16.3. The zero-order valence-corrected chi connectivity index (χ0v) is 20.7. The van der Waals surface area contributed by atoms with Gasteiger partial charge in [-0.25, -0.2) is 9.37 Å². The summed E-state index contributed by atoms with van der Waals surface area (Å²) >= 11 is 6.74. The lowest BCUT2D eigenvalue weighted by molar-refractivity contribution is 0.476. The number of nitrogens with one attached hydrogen (secondary N) is 2. The van der Waals surface area contributed by atoms with Gasteiger partial charge < -0.3 is 20.6 Å². The standard InChI is InChI=1S/C27H29ClFN5O/c1-16(2)7-8-31-27-32-25-21(26(33-27)34-11-9-30-10-12-34)15-22(28)23(24(25)29)20-14-18(35)13-17-5-3-4-6-19(17)20/h3-6,13-16,30,35H,7-12H2,1-2H3,(H,31,32,33). The molecule has 35 heavy (non-hydrogen) atoms. The molecule has 0 radical (unpaired) electrons. The largest absolute Gasteiger partial charge is 0.508 e. The molecule has 3 N–H and O–H groups in total. The summed E-state index contributed by atoms with van der Waals surface area (Å²) in [6.07, 6.45) is 0.952. The first-order valence-corrected chi connectivity index (χ1v) is 12.4. The van der Waals surface area contributed by atoms with E-state index in [1.165, 1.54) is 0 Å². The van der Waals surface area contributed by atoms with Gasteiger partial charge >= 0.3 is 0 Å². The van der Waals surface area contributed by atoms with Crippen molar-refractivity contribution in [2.75, 3.05) is 42.9 Å². The zero-order chi connectivity index (χ0) is 24.5. The highest BCUT2D eigenvalue weighted by Crippen LogP contribution is 2.42. The van der Waals surface area contributed by atoms with Gasteiger partial charge in [0.25, 0.3) is 0 Å². The molecule has 1 saturated heterocycles. The zero-order valence-electron chi connectivity index (χ0n) is 19.9. The van der Waals surface area contributed by atoms with E-state index in [-0.39, 0.29) is 21.9 Å². The maximum absolute atomic E-state index is 16.3. The minimum atomic E-state index is -0.519. The van der Waals surface area contributed by atoms with Gasteiger partial charge in [0.15, 0.2) is 5.82 Å². The molecule has 0 aliphatic carbocycles. The van der Waals surface area contributed by atoms with Crippen molar-refractivity contribution in [1.82, 2.24) is 15.3 Å². The van der Waals surface area contributed by atoms with Gasteiger partial charge in [-0.3, -0.25) is 0 Å². The van der Waals surface area contributed by atoms with Crippen LogP contribution in [0.3, 0.4) is 0 Å². The Kier molecular flexibility index (Phi) is 6.62. The van der Waals surface area contributed by atoms with Crippen molar-refractivity contribution in [1.29, 1.82) is 0 Å². The van der Waals surface area contributed by atoms with Gasteiger partial charge in [0.05, 0.1) is 5.02 Å². The quantitative estimate of drug-likeness (QED) is 0.314. The van der Waals surface area contributed by atoms with Crippen LogP contribution in [0.25, 0.3) is 32.8 Å². The van der Waals surface area contributed by atoms with Gasteiger partial charge in [0, 0.05) is 43.7 Å². The van der Waals surface area contributed by atoms with Gasteiger partial charge in [-0.05, 0) is 46.9 Å². The summed E-state index contributed by atoms with van der Waals surface area (Å²) in [4.78, 5) is 11.5. The number of aromatic hydroxyl groups is 1. The summed E-state index contributed by atoms with van der Waals surface area (Å²) in [6, 6.07) is 12.5. The fourth-order valence-corrected chi connectivity index (χ4v) is 4.89. The summed E-state index contributed by atoms with van der Waals surface area (Å²) in [5.41, 5.74) is 0.971. The number of hydrogen-bond donors (Lipinski definition) is 3. The van der Waals surface area contributed by atoms with Gasteiger partial charge in [0.1, 0.15) is 17.1 Å². The number of piperazine rings is 1. The first kappa shape index (κ1) is 23.6. The molecule has 2 heterocycles. The van der Waals surface area contributed by atoms with Crippen LogP contribution in [0, 0.1) is 11.7 Å². The molecule has 1 aromatic heterocycles. The SMILES string of the molecule is CC(C)CCNc1nc(N2CCNCC2)c2cc(Cl)c(-c3cc(O)cc4ccccc34)c(F)c2n1. The number of rotatable bonds is 6. The maximum Gasteiger partial charge on any atom is 0.225 e. The van der Waals surface area contributed by atoms with Crippen LogP contribution in [0.15, 0.2) is 42.5 Å². The smallest absolute Gasteiger partial charge is 0.225 e. The van der Waals surface area contributed by atoms with Gasteiger partial charge in [-0.15, -0.1) is 0 Å². The molecular weight excluding hydrogens is 465 g/mol. The van der Waals surface area contributed by atoms with Crippen molar-refractivity contribution >= 4 is 45.0 Å². The van der Waals surface area contributed by atoms with Crippen molar-refractivity contribution in [2.24, 2.45) is 5.92 Å². The maximum atomic E-state index is 16.3. The molecule has 0 atom stereocenters. The van der Waals surface area contributed by atoms with E-state index in [2.05, 4.69) is 34.4 Å². The molecule has 8 heteroatoms. The molecule has 5 rings (SSSR count). The average Bonchev–Trinajstić information content (AvgIpc) is 2.84. The third-order valence-corrected chi connectivity index (χ3v) is 6.70. The van der Waals surface area contributed by atoms with E-state index in [1.807, 2.05) is 24.3 Å². The third kappa shape index (κ3) is 4.70. The van der Waals surface area contributed by atoms with Crippen LogP contribution >= 0.6 is 11.6 Å². The summed E-state index contributed by atoms with van der Waals surface area (Å²) in [5, 5.41) is 19.4. The van der Waals surface area contributed by atoms with E-state index >= 15 is 4.39 Å². The number of nitrogens with zero attached hydrogens (tertiary/aromatic N) is 3. The molecule has 0 unspecified atom stereocenters. The van der Waals surface area contributed by atoms with Crippen LogP contribution in [0.1, 0.15) is 20.3 Å². The number of phenolic OH excluding ortho intramolecular Hbond substituents is 1. The van der Waals surface area contributed by atoms with E-state index in [1.54, 1.807) is 18.2 Å². The van der Waals surface area contributed by atoms with Crippen molar-refractivity contribution < 1.29 is 9.50 Å². The van der Waals surface area contributed by atoms with E-state index in [9.17, 15) is 5.11 Å². The van der Waals surface area contributed by atoms with Gasteiger partial charge in [0.2, 0.25) is 5.95 Å². The highest BCUT2D eigenvalue weighted by Gasteiger charge is 2.24. The molecule has 1 aliphatic heterocycles. The molecule has 0 bridgehead atoms. The number of aromatic nitrogens is 2. The average molecular weight is 494 g/mol. The summed E-state index contributed by atoms with van der Waals surface area (Å²) in [6.45, 7) is 8.18. The van der Waals surface area contributed by atoms with Crippen LogP contribution in [0.2, 0.25) is 5.02 Å². The Labute approximate surface area is 209 Å². The third-order valence-electron chi connectivity index (χ3n) is 6.40. The minimum Gasteiger partial charge on any atom is -0.508 e. The van der Waals surface area contributed by atoms with Crippen LogP contribution in [-0.2, 0) is 0 Å². The molecule has 6 nitrogen and oxygen atoms in total. The molecule has 0 spiro atoms. The van der Waals surface area contributed by atoms with E-state index in [0.29, 0.717) is 35.2 Å². The van der Waals surface area contributed by atoms with Gasteiger partial charge in [-0.1, -0.05) is 49.7 Å². The highest BCUT2D eigenvalue weighted by atomic mass is 35.5. The molecule has 4 aromatic rings. The topological polar surface area (TPSA) is 73.3 Å². The molecule has 182 valence electrons. The summed E-state index contributed by atoms with van der Waals surface area (Å²) in [7, 11) is 0. The van der Waals surface area contributed by atoms with Crippen molar-refractivity contribution in [2.45, 2.75) is 20.3 Å². The predicted molar refractivity (Wildman–Crippen MR) is 142 cm³/mol. The van der Waals surface area contributed by atoms with Gasteiger partial charge in [-0.2, -0.15) is 4.98 Å². The molecule has 1 fully saturated rings. The number of fused-ring (bicyclic) bond motifs is 2. The monoisotopic (exact) mass is 493 g/mol. The number of anilines is 2. The number of phenols is 1. The lowest BCUT2D eigenvalue weighted by Gasteiger charge is -2.29. The van der Waals surface area contributed by atoms with Crippen molar-refractivity contribution in [3.8, 4) is 16.9 Å². The Balaban J connectivity index is 1.72. The first-order valence-electron chi connectivity index (χ1n) is 12.0. The Morgan fingerprint density at radius 1 is 1.11 bits per heavy atom. The predicted octanol–water partition coefficient (Wildman–Crippen LogP) is 5.82. The van der Waals surface area contributed by atoms with Crippen LogP contribution in [0.4, 0.5) is 16.2 Å². The Morgan fingerprint density at radius 2 is 1.89 bits per heavy atom. The Morgan fingerprint density at radius 3 is 2.66 bits per heavy atom. The minimum absolute atomic E-state index is 0.0505. The summed E-state index contributed by atoms with van der Waals surface area (Å²) in [5.74, 6) is 1.14. The molecular formula is C27H29ClFN5O. The van der Waals surface area contributed by atoms with Crippen molar-refractivity contribution in [3.63, 3.8) is 0 Å². The second-order valence-corrected chi connectivity index (χ2v) is 9.78. The Bertz CT molecular complexity index is 1390. The Hall–Kier alpha value is -3.16. The van der Waals surface area contributed by atoms with Crippen LogP contribution in [0.5, 0.6) is 5.75 Å². The van der Waals surface area contributed by atoms with Crippen molar-refractivity contribution in [3.05, 3.63) is 53.3 Å². The lowest BCUT2D eigenvalue weighted by atomic mass is 9.96. The van der Waals surface area contributed by atoms with E-state index < -0.39 is 5.82 Å². The lowest BCUT2D eigenvalue weighted by Crippen LogP contribution is -2.44. The van der Waals surface area contributed by atoms with Crippen LogP contribution in [-0.4, -0.2) is 47.8 Å².